The van der Waals surface area contributed by atoms with Crippen LogP contribution in [0.4, 0.5) is 22.0 Å². The maximum Gasteiger partial charge on any atom is 0.416 e. The van der Waals surface area contributed by atoms with Crippen LogP contribution >= 0.6 is 0 Å². The molecular weight excluding hydrogens is 439 g/mol. The van der Waals surface area contributed by atoms with E-state index >= 15 is 0 Å². The number of hydrogen-bond acceptors (Lipinski definition) is 3. The average Bonchev–Trinajstić information content (AvgIpc) is 3.45. The summed E-state index contributed by atoms with van der Waals surface area (Å²) in [5.41, 5.74) is 0.104. The highest BCUT2D eigenvalue weighted by Crippen LogP contribution is 2.52. The van der Waals surface area contributed by atoms with E-state index in [-0.39, 0.29) is 5.56 Å². The van der Waals surface area contributed by atoms with Gasteiger partial charge in [-0.05, 0) is 56.4 Å². The molecule has 3 heterocycles. The Morgan fingerprint density at radius 2 is 1.94 bits per heavy atom. The number of rotatable bonds is 4. The summed E-state index contributed by atoms with van der Waals surface area (Å²) in [5, 5.41) is 0.606. The molecular formula is C24H23F5N4. The lowest BCUT2D eigenvalue weighted by atomic mass is 9.97. The van der Waals surface area contributed by atoms with Crippen molar-refractivity contribution >= 4 is 10.9 Å². The number of hydrogen-bond donors (Lipinski definition) is 0. The lowest BCUT2D eigenvalue weighted by Gasteiger charge is -2.17. The van der Waals surface area contributed by atoms with Gasteiger partial charge < -0.3 is 4.57 Å². The van der Waals surface area contributed by atoms with Gasteiger partial charge in [0.2, 0.25) is 6.43 Å². The summed E-state index contributed by atoms with van der Waals surface area (Å²) in [5.74, 6) is 0.818. The van der Waals surface area contributed by atoms with Crippen LogP contribution in [0.2, 0.25) is 0 Å². The second-order valence-corrected chi connectivity index (χ2v) is 8.97. The lowest BCUT2D eigenvalue weighted by Crippen LogP contribution is -2.22. The standard InChI is InChI=1S/C24H23F5N4/c1-13-15(5-3-6-17(13)24(27,28)29)14(2)31-21-16-11-19(23(8-9-23)22(25)26)30-12-18(16)33-10-4-7-20(33)32-21/h3,5-6,11-12,14,22H,4,7-10H2,1-2H3/b31-21-/t14-/m1/s1. The number of pyridine rings is 1. The molecule has 0 unspecified atom stereocenters. The Morgan fingerprint density at radius 3 is 2.61 bits per heavy atom. The minimum Gasteiger partial charge on any atom is -0.328 e. The molecule has 5 rings (SSSR count). The number of aromatic nitrogens is 3. The fourth-order valence-corrected chi connectivity index (χ4v) is 4.82. The van der Waals surface area contributed by atoms with E-state index in [0.29, 0.717) is 35.0 Å². The molecule has 1 saturated carbocycles. The van der Waals surface area contributed by atoms with Crippen LogP contribution in [0.15, 0.2) is 35.5 Å². The number of alkyl halides is 5. The van der Waals surface area contributed by atoms with Crippen LogP contribution in [0, 0.1) is 6.92 Å². The molecule has 2 aliphatic rings. The van der Waals surface area contributed by atoms with Crippen molar-refractivity contribution in [2.75, 3.05) is 0 Å². The van der Waals surface area contributed by atoms with Gasteiger partial charge in [-0.25, -0.2) is 13.8 Å². The zero-order chi connectivity index (χ0) is 23.5. The quantitative estimate of drug-likeness (QED) is 0.470. The van der Waals surface area contributed by atoms with Gasteiger partial charge in [0.25, 0.3) is 0 Å². The largest absolute Gasteiger partial charge is 0.416 e. The molecule has 4 nitrogen and oxygen atoms in total. The molecule has 3 aromatic rings. The van der Waals surface area contributed by atoms with Gasteiger partial charge in [0.05, 0.1) is 34.4 Å². The summed E-state index contributed by atoms with van der Waals surface area (Å²) in [7, 11) is 0. The van der Waals surface area contributed by atoms with Gasteiger partial charge in [0.1, 0.15) is 5.82 Å². The summed E-state index contributed by atoms with van der Waals surface area (Å²) in [6, 6.07) is 5.11. The smallest absolute Gasteiger partial charge is 0.328 e. The van der Waals surface area contributed by atoms with Crippen molar-refractivity contribution in [3.63, 3.8) is 0 Å². The second kappa shape index (κ2) is 7.60. The molecule has 1 aliphatic carbocycles. The Bertz CT molecular complexity index is 1300. The number of halogens is 5. The molecule has 2 aromatic heterocycles. The minimum absolute atomic E-state index is 0.123. The molecule has 174 valence electrons. The molecule has 1 fully saturated rings. The van der Waals surface area contributed by atoms with Crippen molar-refractivity contribution in [1.82, 2.24) is 14.5 Å². The maximum atomic E-state index is 13.7. The predicted molar refractivity (Wildman–Crippen MR) is 113 cm³/mol. The number of nitrogens with zero attached hydrogens (tertiary/aromatic N) is 4. The van der Waals surface area contributed by atoms with Gasteiger partial charge in [-0.1, -0.05) is 12.1 Å². The topological polar surface area (TPSA) is 43.1 Å². The summed E-state index contributed by atoms with van der Waals surface area (Å²) in [6.07, 6.45) is -2.95. The molecule has 0 radical (unpaired) electrons. The van der Waals surface area contributed by atoms with Crippen LogP contribution in [-0.2, 0) is 24.6 Å². The van der Waals surface area contributed by atoms with Gasteiger partial charge in [0.15, 0.2) is 5.49 Å². The fourth-order valence-electron chi connectivity index (χ4n) is 4.82. The van der Waals surface area contributed by atoms with Crippen LogP contribution in [0.1, 0.15) is 60.4 Å². The Morgan fingerprint density at radius 1 is 1.18 bits per heavy atom. The van der Waals surface area contributed by atoms with E-state index in [1.165, 1.54) is 13.0 Å². The van der Waals surface area contributed by atoms with E-state index < -0.39 is 29.6 Å². The minimum atomic E-state index is -4.45. The Kier molecular flexibility index (Phi) is 5.06. The normalized spacial score (nSPS) is 18.7. The maximum absolute atomic E-state index is 13.7. The molecule has 1 aromatic carbocycles. The summed E-state index contributed by atoms with van der Waals surface area (Å²) in [6.45, 7) is 3.91. The van der Waals surface area contributed by atoms with Crippen LogP contribution in [0.25, 0.3) is 10.9 Å². The van der Waals surface area contributed by atoms with E-state index in [2.05, 4.69) is 4.98 Å². The third kappa shape index (κ3) is 3.61. The predicted octanol–water partition coefficient (Wildman–Crippen LogP) is 5.66. The van der Waals surface area contributed by atoms with E-state index in [9.17, 15) is 22.0 Å². The molecule has 0 amide bonds. The Labute approximate surface area is 187 Å². The van der Waals surface area contributed by atoms with Gasteiger partial charge in [-0.2, -0.15) is 13.2 Å². The number of benzene rings is 1. The SMILES string of the molecule is Cc1c([C@@H](C)/N=c2\nc3n(c4cnc(C5(C(F)F)CC5)cc24)CCC3)cccc1C(F)(F)F. The molecule has 0 bridgehead atoms. The van der Waals surface area contributed by atoms with Crippen LogP contribution in [-0.4, -0.2) is 21.0 Å². The van der Waals surface area contributed by atoms with Gasteiger partial charge in [0, 0.05) is 18.4 Å². The summed E-state index contributed by atoms with van der Waals surface area (Å²) < 4.78 is 69.6. The summed E-state index contributed by atoms with van der Waals surface area (Å²) in [4.78, 5) is 13.8. The molecule has 1 aliphatic heterocycles. The fraction of sp³-hybridized carbons (Fsp3) is 0.458. The third-order valence-corrected chi connectivity index (χ3v) is 6.91. The van der Waals surface area contributed by atoms with Crippen molar-refractivity contribution in [2.24, 2.45) is 4.99 Å². The van der Waals surface area contributed by atoms with Gasteiger partial charge in [-0.15, -0.1) is 0 Å². The first-order valence-electron chi connectivity index (χ1n) is 11.0. The highest BCUT2D eigenvalue weighted by Gasteiger charge is 2.53. The lowest BCUT2D eigenvalue weighted by molar-refractivity contribution is -0.138. The van der Waals surface area contributed by atoms with Crippen LogP contribution in [0.5, 0.6) is 0 Å². The van der Waals surface area contributed by atoms with Crippen molar-refractivity contribution < 1.29 is 22.0 Å². The molecule has 33 heavy (non-hydrogen) atoms. The molecule has 0 N–H and O–H groups in total. The first kappa shape index (κ1) is 22.0. The van der Waals surface area contributed by atoms with Gasteiger partial charge >= 0.3 is 6.18 Å². The Hall–Kier alpha value is -2.84. The van der Waals surface area contributed by atoms with Gasteiger partial charge in [-0.3, -0.25) is 9.98 Å². The average molecular weight is 462 g/mol. The monoisotopic (exact) mass is 462 g/mol. The van der Waals surface area contributed by atoms with E-state index in [4.69, 9.17) is 9.98 Å². The van der Waals surface area contributed by atoms with E-state index in [1.54, 1.807) is 25.3 Å². The molecule has 0 saturated heterocycles. The van der Waals surface area contributed by atoms with Crippen molar-refractivity contribution in [3.05, 3.63) is 64.2 Å². The third-order valence-electron chi connectivity index (χ3n) is 6.91. The van der Waals surface area contributed by atoms with Crippen molar-refractivity contribution in [3.8, 4) is 0 Å². The van der Waals surface area contributed by atoms with Crippen LogP contribution in [0.3, 0.4) is 0 Å². The Balaban J connectivity index is 1.69. The highest BCUT2D eigenvalue weighted by molar-refractivity contribution is 5.78. The highest BCUT2D eigenvalue weighted by atomic mass is 19.4. The van der Waals surface area contributed by atoms with Crippen LogP contribution < -0.4 is 5.49 Å². The molecule has 9 heteroatoms. The summed E-state index contributed by atoms with van der Waals surface area (Å²) >= 11 is 0. The molecule has 1 atom stereocenters. The van der Waals surface area contributed by atoms with E-state index in [0.717, 1.165) is 36.8 Å². The molecule has 0 spiro atoms. The van der Waals surface area contributed by atoms with Crippen molar-refractivity contribution in [1.29, 1.82) is 0 Å². The second-order valence-electron chi connectivity index (χ2n) is 8.97. The first-order chi connectivity index (χ1) is 15.6. The zero-order valence-electron chi connectivity index (χ0n) is 18.3. The number of fused-ring (bicyclic) bond motifs is 3. The zero-order valence-corrected chi connectivity index (χ0v) is 18.3. The first-order valence-corrected chi connectivity index (χ1v) is 11.0. The number of aryl methyl sites for hydroxylation is 2. The van der Waals surface area contributed by atoms with Crippen molar-refractivity contribution in [2.45, 2.75) is 70.1 Å². The van der Waals surface area contributed by atoms with E-state index in [1.807, 2.05) is 4.57 Å².